The highest BCUT2D eigenvalue weighted by Gasteiger charge is 2.06. The molecule has 0 unspecified atom stereocenters. The lowest BCUT2D eigenvalue weighted by atomic mass is 10.7. The van der Waals surface area contributed by atoms with Gasteiger partial charge in [-0.15, -0.1) is 11.6 Å². The van der Waals surface area contributed by atoms with Crippen LogP contribution in [0.1, 0.15) is 13.8 Å². The molecule has 4 heteroatoms. The summed E-state index contributed by atoms with van der Waals surface area (Å²) in [5, 5.41) is 0. The fourth-order valence-corrected chi connectivity index (χ4v) is 2.70. The van der Waals surface area contributed by atoms with E-state index in [0.29, 0.717) is 0 Å². The molecule has 74 valence electrons. The summed E-state index contributed by atoms with van der Waals surface area (Å²) in [6, 6.07) is 2.27. The average Bonchev–Trinajstić information content (AvgIpc) is 2.06. The number of rotatable bonds is 8. The maximum atomic E-state index is 5.59. The van der Waals surface area contributed by atoms with Gasteiger partial charge in [-0.2, -0.15) is 0 Å². The molecule has 0 aromatic rings. The zero-order valence-corrected chi connectivity index (χ0v) is 10.2. The monoisotopic (exact) mass is 210 g/mol. The van der Waals surface area contributed by atoms with Gasteiger partial charge >= 0.3 is 0 Å². The molecule has 0 saturated carbocycles. The van der Waals surface area contributed by atoms with Crippen LogP contribution in [0, 0.1) is 0 Å². The zero-order chi connectivity index (χ0) is 9.23. The molecule has 0 spiro atoms. The third-order valence-corrected chi connectivity index (χ3v) is 3.98. The minimum absolute atomic E-state index is 0.0369. The van der Waals surface area contributed by atoms with E-state index in [1.54, 1.807) is 0 Å². The molecule has 0 aromatic heterocycles. The van der Waals surface area contributed by atoms with Crippen molar-refractivity contribution >= 4 is 21.1 Å². The van der Waals surface area contributed by atoms with Crippen molar-refractivity contribution in [3.8, 4) is 0 Å². The van der Waals surface area contributed by atoms with E-state index in [1.807, 2.05) is 13.8 Å². The predicted octanol–water partition coefficient (Wildman–Crippen LogP) is 1.63. The molecule has 0 amide bonds. The van der Waals surface area contributed by atoms with Crippen molar-refractivity contribution in [3.63, 3.8) is 0 Å². The Hall–Kier alpha value is 0.427. The Bertz CT molecular complexity index is 87.1. The van der Waals surface area contributed by atoms with Crippen LogP contribution in [0.15, 0.2) is 0 Å². The van der Waals surface area contributed by atoms with Crippen LogP contribution >= 0.6 is 11.6 Å². The number of ether oxygens (including phenoxy) is 2. The summed E-state index contributed by atoms with van der Waals surface area (Å²) in [7, 11) is -0.0587. The lowest BCUT2D eigenvalue weighted by molar-refractivity contribution is -0.123. The van der Waals surface area contributed by atoms with Gasteiger partial charge in [0.2, 0.25) is 0 Å². The molecule has 0 aromatic carbocycles. The van der Waals surface area contributed by atoms with Crippen molar-refractivity contribution in [1.29, 1.82) is 0 Å². The van der Waals surface area contributed by atoms with E-state index in [0.717, 1.165) is 25.1 Å². The molecule has 0 radical (unpaired) electrons. The van der Waals surface area contributed by atoms with Gasteiger partial charge in [0, 0.05) is 28.6 Å². The van der Waals surface area contributed by atoms with Crippen LogP contribution in [0.2, 0.25) is 12.1 Å². The topological polar surface area (TPSA) is 18.5 Å². The molecular formula is C8H19ClO2Si. The normalized spacial score (nSPS) is 12.0. The van der Waals surface area contributed by atoms with Crippen LogP contribution < -0.4 is 0 Å². The van der Waals surface area contributed by atoms with Gasteiger partial charge in [-0.25, -0.2) is 0 Å². The summed E-state index contributed by atoms with van der Waals surface area (Å²) in [5.41, 5.74) is 0. The third-order valence-electron chi connectivity index (χ3n) is 1.53. The van der Waals surface area contributed by atoms with E-state index in [4.69, 9.17) is 21.1 Å². The minimum atomic E-state index is -0.0587. The first kappa shape index (κ1) is 12.4. The molecule has 0 N–H and O–H groups in total. The summed E-state index contributed by atoms with van der Waals surface area (Å²) in [4.78, 5) is 0. The van der Waals surface area contributed by atoms with Gasteiger partial charge < -0.3 is 9.47 Å². The second-order valence-electron chi connectivity index (χ2n) is 2.53. The molecule has 0 heterocycles. The molecule has 0 atom stereocenters. The maximum Gasteiger partial charge on any atom is 0.154 e. The Labute approximate surface area is 82.4 Å². The fraction of sp³-hybridized carbons (Fsp3) is 1.00. The Balaban J connectivity index is 3.34. The number of halogens is 1. The van der Waals surface area contributed by atoms with Gasteiger partial charge in [-0.1, -0.05) is 0 Å². The number of hydrogen-bond acceptors (Lipinski definition) is 2. The largest absolute Gasteiger partial charge is 0.353 e. The first-order valence-electron chi connectivity index (χ1n) is 4.64. The lowest BCUT2D eigenvalue weighted by Gasteiger charge is -2.15. The summed E-state index contributed by atoms with van der Waals surface area (Å²) in [6.07, 6.45) is 0.0369. The fourth-order valence-electron chi connectivity index (χ4n) is 0.992. The first-order chi connectivity index (χ1) is 5.85. The summed E-state index contributed by atoms with van der Waals surface area (Å²) in [5.74, 6) is 0.789. The Morgan fingerprint density at radius 3 is 2.25 bits per heavy atom. The van der Waals surface area contributed by atoms with E-state index in [1.165, 1.54) is 6.04 Å². The molecule has 0 saturated heterocycles. The average molecular weight is 211 g/mol. The van der Waals surface area contributed by atoms with Crippen molar-refractivity contribution in [1.82, 2.24) is 0 Å². The molecular weight excluding hydrogens is 192 g/mol. The molecule has 0 aliphatic carbocycles. The smallest absolute Gasteiger partial charge is 0.154 e. The van der Waals surface area contributed by atoms with Crippen molar-refractivity contribution in [2.24, 2.45) is 0 Å². The van der Waals surface area contributed by atoms with Crippen molar-refractivity contribution in [3.05, 3.63) is 0 Å². The van der Waals surface area contributed by atoms with Gasteiger partial charge in [0.05, 0.1) is 0 Å². The van der Waals surface area contributed by atoms with E-state index >= 15 is 0 Å². The van der Waals surface area contributed by atoms with Crippen molar-refractivity contribution < 1.29 is 9.47 Å². The van der Waals surface area contributed by atoms with Crippen LogP contribution in [0.5, 0.6) is 0 Å². The molecule has 2 nitrogen and oxygen atoms in total. The Morgan fingerprint density at radius 2 is 1.83 bits per heavy atom. The van der Waals surface area contributed by atoms with Gasteiger partial charge in [0.25, 0.3) is 0 Å². The second kappa shape index (κ2) is 9.51. The Kier molecular flexibility index (Phi) is 9.85. The second-order valence-corrected chi connectivity index (χ2v) is 4.89. The zero-order valence-electron chi connectivity index (χ0n) is 8.01. The highest BCUT2D eigenvalue weighted by atomic mass is 35.5. The number of hydrogen-bond donors (Lipinski definition) is 0. The van der Waals surface area contributed by atoms with Gasteiger partial charge in [0.1, 0.15) is 0 Å². The van der Waals surface area contributed by atoms with Gasteiger partial charge in [-0.3, -0.25) is 0 Å². The standard InChI is InChI=1S/C8H19ClO2Si/c1-3-10-8(11-4-2)7-12-6-5-9/h8H,3-7,12H2,1-2H3. The summed E-state index contributed by atoms with van der Waals surface area (Å²) < 4.78 is 10.8. The maximum absolute atomic E-state index is 5.59. The highest BCUT2D eigenvalue weighted by molar-refractivity contribution is 6.38. The highest BCUT2D eigenvalue weighted by Crippen LogP contribution is 2.02. The first-order valence-corrected chi connectivity index (χ1v) is 7.17. The molecule has 0 aliphatic rings. The molecule has 0 rings (SSSR count). The number of alkyl halides is 1. The lowest BCUT2D eigenvalue weighted by Crippen LogP contribution is -2.19. The van der Waals surface area contributed by atoms with Crippen molar-refractivity contribution in [2.45, 2.75) is 32.2 Å². The third kappa shape index (κ3) is 7.10. The summed E-state index contributed by atoms with van der Waals surface area (Å²) in [6.45, 7) is 5.46. The van der Waals surface area contributed by atoms with Crippen LogP contribution in [-0.2, 0) is 9.47 Å². The van der Waals surface area contributed by atoms with Crippen LogP contribution in [0.3, 0.4) is 0 Å². The minimum Gasteiger partial charge on any atom is -0.353 e. The van der Waals surface area contributed by atoms with Crippen molar-refractivity contribution in [2.75, 3.05) is 19.1 Å². The van der Waals surface area contributed by atoms with E-state index in [-0.39, 0.29) is 15.8 Å². The quantitative estimate of drug-likeness (QED) is 0.263. The molecule has 0 fully saturated rings. The van der Waals surface area contributed by atoms with Crippen LogP contribution in [0.4, 0.5) is 0 Å². The summed E-state index contributed by atoms with van der Waals surface area (Å²) >= 11 is 5.59. The predicted molar refractivity (Wildman–Crippen MR) is 55.9 cm³/mol. The SMILES string of the molecule is CCOC(C[SiH2]CCCl)OCC. The van der Waals surface area contributed by atoms with Gasteiger partial charge in [0.15, 0.2) is 6.29 Å². The molecule has 12 heavy (non-hydrogen) atoms. The van der Waals surface area contributed by atoms with Crippen LogP contribution in [-0.4, -0.2) is 34.9 Å². The van der Waals surface area contributed by atoms with E-state index < -0.39 is 0 Å². The van der Waals surface area contributed by atoms with Gasteiger partial charge in [-0.05, 0) is 25.9 Å². The molecule has 0 bridgehead atoms. The Morgan fingerprint density at radius 1 is 1.25 bits per heavy atom. The molecule has 0 aliphatic heterocycles. The van der Waals surface area contributed by atoms with Crippen LogP contribution in [0.25, 0.3) is 0 Å². The van der Waals surface area contributed by atoms with E-state index in [9.17, 15) is 0 Å². The van der Waals surface area contributed by atoms with E-state index in [2.05, 4.69) is 0 Å².